The van der Waals surface area contributed by atoms with E-state index in [2.05, 4.69) is 5.32 Å². The normalized spacial score (nSPS) is 12.7. The van der Waals surface area contributed by atoms with Gasteiger partial charge >= 0.3 is 0 Å². The Balaban J connectivity index is 2.07. The molecule has 0 fully saturated rings. The second kappa shape index (κ2) is 15.0. The first kappa shape index (κ1) is 33.5. The van der Waals surface area contributed by atoms with Gasteiger partial charge < -0.3 is 15.0 Å². The monoisotopic (exact) mass is 653 g/mol. The third-order valence-electron chi connectivity index (χ3n) is 6.67. The molecule has 226 valence electrons. The molecule has 42 heavy (non-hydrogen) atoms. The summed E-state index contributed by atoms with van der Waals surface area (Å²) in [4.78, 5) is 28.5. The van der Waals surface area contributed by atoms with Crippen molar-refractivity contribution in [3.63, 3.8) is 0 Å². The number of nitrogens with zero attached hydrogens (tertiary/aromatic N) is 2. The van der Waals surface area contributed by atoms with Crippen molar-refractivity contribution in [2.75, 3.05) is 17.5 Å². The van der Waals surface area contributed by atoms with Crippen LogP contribution in [0.25, 0.3) is 0 Å². The predicted octanol–water partition coefficient (Wildman–Crippen LogP) is 6.57. The van der Waals surface area contributed by atoms with Gasteiger partial charge in [0.25, 0.3) is 10.0 Å². The first-order valence-electron chi connectivity index (χ1n) is 13.4. The Labute approximate surface area is 262 Å². The Hall–Kier alpha value is -2.98. The molecule has 0 aliphatic heterocycles. The van der Waals surface area contributed by atoms with Crippen molar-refractivity contribution in [2.24, 2.45) is 0 Å². The molecule has 3 aromatic carbocycles. The van der Waals surface area contributed by atoms with Crippen LogP contribution in [0.4, 0.5) is 5.69 Å². The number of amides is 2. The standard InChI is InChI=1S/C30H34Cl3N3O5S/c1-5-20(3)34-30(38)21(4)35(18-26-27(32)8-7-9-28(26)33)29(37)19-36(23-12-14-24(15-13-23)41-6-2)42(39,40)25-16-10-22(31)11-17-25/h7-17,20-21H,5-6,18-19H2,1-4H3,(H,34,38)/t20-,21+/m1/s1. The summed E-state index contributed by atoms with van der Waals surface area (Å²) in [5.41, 5.74) is 0.666. The number of hydrogen-bond acceptors (Lipinski definition) is 5. The predicted molar refractivity (Wildman–Crippen MR) is 168 cm³/mol. The van der Waals surface area contributed by atoms with Crippen molar-refractivity contribution < 1.29 is 22.7 Å². The topological polar surface area (TPSA) is 96.0 Å². The van der Waals surface area contributed by atoms with E-state index >= 15 is 0 Å². The average molecular weight is 655 g/mol. The lowest BCUT2D eigenvalue weighted by molar-refractivity contribution is -0.139. The largest absolute Gasteiger partial charge is 0.494 e. The van der Waals surface area contributed by atoms with Gasteiger partial charge in [-0.2, -0.15) is 0 Å². The molecule has 0 aliphatic rings. The number of sulfonamides is 1. The van der Waals surface area contributed by atoms with E-state index in [0.29, 0.717) is 39.4 Å². The number of nitrogens with one attached hydrogen (secondary N) is 1. The maximum Gasteiger partial charge on any atom is 0.264 e. The highest BCUT2D eigenvalue weighted by molar-refractivity contribution is 7.92. The maximum atomic E-state index is 14.1. The van der Waals surface area contributed by atoms with Crippen molar-refractivity contribution in [3.05, 3.63) is 87.4 Å². The summed E-state index contributed by atoms with van der Waals surface area (Å²) < 4.78 is 34.4. The Morgan fingerprint density at radius 2 is 1.50 bits per heavy atom. The number of hydrogen-bond donors (Lipinski definition) is 1. The van der Waals surface area contributed by atoms with E-state index in [1.54, 1.807) is 49.4 Å². The van der Waals surface area contributed by atoms with Gasteiger partial charge in [0.2, 0.25) is 11.8 Å². The molecule has 0 aromatic heterocycles. The molecule has 0 heterocycles. The molecule has 0 bridgehead atoms. The average Bonchev–Trinajstić information content (AvgIpc) is 2.96. The quantitative estimate of drug-likeness (QED) is 0.225. The zero-order valence-corrected chi connectivity index (χ0v) is 26.9. The lowest BCUT2D eigenvalue weighted by atomic mass is 10.1. The van der Waals surface area contributed by atoms with E-state index in [0.717, 1.165) is 4.31 Å². The highest BCUT2D eigenvalue weighted by Gasteiger charge is 2.33. The third-order valence-corrected chi connectivity index (χ3v) is 9.42. The third kappa shape index (κ3) is 8.31. The number of carbonyl (C=O) groups is 2. The minimum atomic E-state index is -4.25. The first-order chi connectivity index (χ1) is 19.9. The van der Waals surface area contributed by atoms with Gasteiger partial charge in [0.1, 0.15) is 18.3 Å². The van der Waals surface area contributed by atoms with Gasteiger partial charge in [-0.05, 0) is 87.9 Å². The number of benzene rings is 3. The van der Waals surface area contributed by atoms with Crippen LogP contribution in [0.5, 0.6) is 5.75 Å². The molecule has 0 unspecified atom stereocenters. The van der Waals surface area contributed by atoms with Crippen LogP contribution in [0.1, 0.15) is 39.7 Å². The van der Waals surface area contributed by atoms with E-state index in [1.165, 1.54) is 29.2 Å². The second-order valence-electron chi connectivity index (χ2n) is 9.61. The van der Waals surface area contributed by atoms with Gasteiger partial charge in [0.15, 0.2) is 0 Å². The van der Waals surface area contributed by atoms with Gasteiger partial charge in [-0.25, -0.2) is 8.42 Å². The highest BCUT2D eigenvalue weighted by Crippen LogP contribution is 2.29. The SMILES string of the molecule is CCOc1ccc(N(CC(=O)N(Cc2c(Cl)cccc2Cl)[C@@H](C)C(=O)N[C@H](C)CC)S(=O)(=O)c2ccc(Cl)cc2)cc1. The van der Waals surface area contributed by atoms with Crippen LogP contribution in [0.3, 0.4) is 0 Å². The van der Waals surface area contributed by atoms with Gasteiger partial charge in [-0.3, -0.25) is 13.9 Å². The van der Waals surface area contributed by atoms with Crippen LogP contribution in [0.2, 0.25) is 15.1 Å². The fourth-order valence-electron chi connectivity index (χ4n) is 4.04. The summed E-state index contributed by atoms with van der Waals surface area (Å²) in [6, 6.07) is 15.8. The number of ether oxygens (including phenoxy) is 1. The summed E-state index contributed by atoms with van der Waals surface area (Å²) in [5, 5.41) is 3.87. The number of carbonyl (C=O) groups excluding carboxylic acids is 2. The minimum Gasteiger partial charge on any atom is -0.494 e. The fraction of sp³-hybridized carbons (Fsp3) is 0.333. The molecular formula is C30H34Cl3N3O5S. The van der Waals surface area contributed by atoms with Gasteiger partial charge in [0, 0.05) is 33.2 Å². The second-order valence-corrected chi connectivity index (χ2v) is 12.7. The zero-order valence-electron chi connectivity index (χ0n) is 23.8. The molecule has 0 spiro atoms. The van der Waals surface area contributed by atoms with Crippen LogP contribution < -0.4 is 14.4 Å². The summed E-state index contributed by atoms with van der Waals surface area (Å²) in [7, 11) is -4.25. The smallest absolute Gasteiger partial charge is 0.264 e. The lowest BCUT2D eigenvalue weighted by Gasteiger charge is -2.33. The summed E-state index contributed by atoms with van der Waals surface area (Å²) >= 11 is 18.9. The molecule has 0 aliphatic carbocycles. The Morgan fingerprint density at radius 1 is 0.905 bits per heavy atom. The van der Waals surface area contributed by atoms with E-state index in [-0.39, 0.29) is 23.2 Å². The number of halogens is 3. The summed E-state index contributed by atoms with van der Waals surface area (Å²) in [5.74, 6) is -0.486. The Kier molecular flexibility index (Phi) is 11.9. The van der Waals surface area contributed by atoms with E-state index < -0.39 is 34.4 Å². The van der Waals surface area contributed by atoms with Crippen molar-refractivity contribution in [3.8, 4) is 5.75 Å². The van der Waals surface area contributed by atoms with Crippen LogP contribution in [0, 0.1) is 0 Å². The van der Waals surface area contributed by atoms with Crippen molar-refractivity contribution >= 4 is 62.3 Å². The van der Waals surface area contributed by atoms with Crippen molar-refractivity contribution in [1.82, 2.24) is 10.2 Å². The van der Waals surface area contributed by atoms with Gasteiger partial charge in [0.05, 0.1) is 17.2 Å². The van der Waals surface area contributed by atoms with Crippen molar-refractivity contribution in [2.45, 2.75) is 57.6 Å². The van der Waals surface area contributed by atoms with Crippen LogP contribution in [-0.4, -0.2) is 50.4 Å². The molecular weight excluding hydrogens is 621 g/mol. The molecule has 0 radical (unpaired) electrons. The van der Waals surface area contributed by atoms with Crippen LogP contribution in [0.15, 0.2) is 71.6 Å². The fourth-order valence-corrected chi connectivity index (χ4v) is 6.10. The molecule has 0 saturated heterocycles. The van der Waals surface area contributed by atoms with Crippen molar-refractivity contribution in [1.29, 1.82) is 0 Å². The minimum absolute atomic E-state index is 0.0585. The molecule has 0 saturated carbocycles. The van der Waals surface area contributed by atoms with Gasteiger partial charge in [-0.15, -0.1) is 0 Å². The Morgan fingerprint density at radius 3 is 2.05 bits per heavy atom. The Bertz CT molecular complexity index is 1460. The summed E-state index contributed by atoms with van der Waals surface area (Å²) in [6.45, 7) is 6.90. The van der Waals surface area contributed by atoms with Crippen LogP contribution in [-0.2, 0) is 26.2 Å². The molecule has 12 heteroatoms. The van der Waals surface area contributed by atoms with E-state index in [9.17, 15) is 18.0 Å². The zero-order chi connectivity index (χ0) is 31.0. The molecule has 8 nitrogen and oxygen atoms in total. The molecule has 2 atom stereocenters. The maximum absolute atomic E-state index is 14.1. The number of rotatable bonds is 13. The molecule has 1 N–H and O–H groups in total. The van der Waals surface area contributed by atoms with E-state index in [4.69, 9.17) is 39.5 Å². The molecule has 3 aromatic rings. The summed E-state index contributed by atoms with van der Waals surface area (Å²) in [6.07, 6.45) is 0.688. The highest BCUT2D eigenvalue weighted by atomic mass is 35.5. The molecule has 2 amide bonds. The van der Waals surface area contributed by atoms with E-state index in [1.807, 2.05) is 20.8 Å². The lowest BCUT2D eigenvalue weighted by Crippen LogP contribution is -2.52. The molecule has 3 rings (SSSR count). The first-order valence-corrected chi connectivity index (χ1v) is 16.0. The van der Waals surface area contributed by atoms with Gasteiger partial charge in [-0.1, -0.05) is 47.8 Å². The van der Waals surface area contributed by atoms with Crippen LogP contribution >= 0.6 is 34.8 Å². The number of anilines is 1.